The number of halogens is 4. The molecule has 0 amide bonds. The summed E-state index contributed by atoms with van der Waals surface area (Å²) < 4.78 is 55.0. The summed E-state index contributed by atoms with van der Waals surface area (Å²) in [6, 6.07) is 0.0565. The Morgan fingerprint density at radius 3 is 2.24 bits per heavy atom. The fourth-order valence-corrected chi connectivity index (χ4v) is 2.77. The van der Waals surface area contributed by atoms with E-state index in [-0.39, 0.29) is 24.1 Å². The van der Waals surface area contributed by atoms with Crippen LogP contribution in [0, 0.1) is 29.2 Å². The summed E-state index contributed by atoms with van der Waals surface area (Å²) in [4.78, 5) is 1.46. The highest BCUT2D eigenvalue weighted by atomic mass is 19.2. The first-order valence-corrected chi connectivity index (χ1v) is 7.19. The second-order valence-corrected chi connectivity index (χ2v) is 5.79. The third kappa shape index (κ3) is 3.00. The Balaban J connectivity index is 2.50. The first-order chi connectivity index (χ1) is 9.86. The minimum atomic E-state index is -1.36. The molecule has 2 nitrogen and oxygen atoms in total. The zero-order valence-electron chi connectivity index (χ0n) is 12.4. The maximum atomic E-state index is 14.1. The van der Waals surface area contributed by atoms with E-state index in [9.17, 15) is 17.6 Å². The Morgan fingerprint density at radius 2 is 1.76 bits per heavy atom. The highest BCUT2D eigenvalue weighted by Crippen LogP contribution is 2.32. The SMILES string of the molecule is CCC1CN(c2c(F)c(F)cc(F)c2F)C(C(C)C)CN1. The fraction of sp³-hybridized carbons (Fsp3) is 0.600. The van der Waals surface area contributed by atoms with Gasteiger partial charge in [-0.25, -0.2) is 17.6 Å². The largest absolute Gasteiger partial charge is 0.361 e. The molecule has 2 rings (SSSR count). The van der Waals surface area contributed by atoms with Crippen LogP contribution in [-0.2, 0) is 0 Å². The predicted molar refractivity (Wildman–Crippen MR) is 74.3 cm³/mol. The van der Waals surface area contributed by atoms with Crippen LogP contribution in [0.4, 0.5) is 23.2 Å². The molecule has 1 aliphatic heterocycles. The Labute approximate surface area is 122 Å². The van der Waals surface area contributed by atoms with Crippen molar-refractivity contribution in [3.05, 3.63) is 29.3 Å². The number of nitrogens with one attached hydrogen (secondary N) is 1. The highest BCUT2D eigenvalue weighted by molar-refractivity contribution is 5.52. The average Bonchev–Trinajstić information content (AvgIpc) is 2.45. The smallest absolute Gasteiger partial charge is 0.185 e. The van der Waals surface area contributed by atoms with Gasteiger partial charge in [0.25, 0.3) is 0 Å². The summed E-state index contributed by atoms with van der Waals surface area (Å²) in [5.41, 5.74) is -0.592. The van der Waals surface area contributed by atoms with E-state index in [0.717, 1.165) is 6.42 Å². The average molecular weight is 304 g/mol. The van der Waals surface area contributed by atoms with Crippen molar-refractivity contribution in [1.29, 1.82) is 0 Å². The minimum Gasteiger partial charge on any atom is -0.361 e. The molecule has 1 saturated heterocycles. The Morgan fingerprint density at radius 1 is 1.19 bits per heavy atom. The van der Waals surface area contributed by atoms with Crippen molar-refractivity contribution >= 4 is 5.69 Å². The lowest BCUT2D eigenvalue weighted by atomic mass is 9.96. The van der Waals surface area contributed by atoms with E-state index >= 15 is 0 Å². The van der Waals surface area contributed by atoms with E-state index in [1.807, 2.05) is 20.8 Å². The topological polar surface area (TPSA) is 15.3 Å². The maximum absolute atomic E-state index is 14.1. The van der Waals surface area contributed by atoms with Gasteiger partial charge in [0, 0.05) is 31.2 Å². The molecule has 1 N–H and O–H groups in total. The van der Waals surface area contributed by atoms with Crippen LogP contribution in [0.25, 0.3) is 0 Å². The lowest BCUT2D eigenvalue weighted by molar-refractivity contribution is 0.324. The van der Waals surface area contributed by atoms with E-state index in [1.54, 1.807) is 0 Å². The number of benzene rings is 1. The number of nitrogens with zero attached hydrogens (tertiary/aromatic N) is 1. The van der Waals surface area contributed by atoms with E-state index in [0.29, 0.717) is 13.1 Å². The normalized spacial score (nSPS) is 23.0. The van der Waals surface area contributed by atoms with Crippen LogP contribution in [0.1, 0.15) is 27.2 Å². The third-order valence-corrected chi connectivity index (χ3v) is 4.07. The van der Waals surface area contributed by atoms with Crippen LogP contribution in [0.2, 0.25) is 0 Å². The molecule has 0 aromatic heterocycles. The number of piperazine rings is 1. The van der Waals surface area contributed by atoms with Gasteiger partial charge in [-0.1, -0.05) is 20.8 Å². The molecule has 0 aliphatic carbocycles. The Hall–Kier alpha value is -1.30. The standard InChI is InChI=1S/C15H20F4N2/c1-4-9-7-21(12(6-20-9)8(2)3)15-13(18)10(16)5-11(17)14(15)19/h5,8-9,12,20H,4,6-7H2,1-3H3. The second-order valence-electron chi connectivity index (χ2n) is 5.79. The molecule has 118 valence electrons. The van der Waals surface area contributed by atoms with E-state index in [1.165, 1.54) is 4.90 Å². The van der Waals surface area contributed by atoms with Gasteiger partial charge >= 0.3 is 0 Å². The van der Waals surface area contributed by atoms with Gasteiger partial charge in [-0.05, 0) is 12.3 Å². The Kier molecular flexibility index (Phi) is 4.76. The molecular formula is C15H20F4N2. The van der Waals surface area contributed by atoms with Gasteiger partial charge in [-0.3, -0.25) is 0 Å². The molecule has 0 spiro atoms. The van der Waals surface area contributed by atoms with E-state index in [4.69, 9.17) is 0 Å². The van der Waals surface area contributed by atoms with Gasteiger partial charge in [-0.2, -0.15) is 0 Å². The molecule has 21 heavy (non-hydrogen) atoms. The number of anilines is 1. The molecule has 1 aliphatic rings. The number of hydrogen-bond donors (Lipinski definition) is 1. The van der Waals surface area contributed by atoms with Gasteiger partial charge in [-0.15, -0.1) is 0 Å². The minimum absolute atomic E-state index is 0.0325. The molecule has 0 saturated carbocycles. The van der Waals surface area contributed by atoms with Crippen LogP contribution in [0.15, 0.2) is 6.07 Å². The zero-order chi connectivity index (χ0) is 15.7. The van der Waals surface area contributed by atoms with Crippen molar-refractivity contribution in [1.82, 2.24) is 5.32 Å². The summed E-state index contributed by atoms with van der Waals surface area (Å²) in [6.45, 7) is 6.61. The van der Waals surface area contributed by atoms with Gasteiger partial charge < -0.3 is 10.2 Å². The first-order valence-electron chi connectivity index (χ1n) is 7.19. The highest BCUT2D eigenvalue weighted by Gasteiger charge is 2.34. The van der Waals surface area contributed by atoms with Crippen molar-refractivity contribution in [2.75, 3.05) is 18.0 Å². The van der Waals surface area contributed by atoms with Gasteiger partial charge in [0.2, 0.25) is 0 Å². The Bertz CT molecular complexity index is 493. The van der Waals surface area contributed by atoms with Crippen LogP contribution in [0.5, 0.6) is 0 Å². The number of hydrogen-bond acceptors (Lipinski definition) is 2. The summed E-state index contributed by atoms with van der Waals surface area (Å²) >= 11 is 0. The molecule has 6 heteroatoms. The third-order valence-electron chi connectivity index (χ3n) is 4.07. The van der Waals surface area contributed by atoms with Crippen LogP contribution < -0.4 is 10.2 Å². The van der Waals surface area contributed by atoms with Gasteiger partial charge in [0.1, 0.15) is 5.69 Å². The predicted octanol–water partition coefficient (Wildman–Crippen LogP) is 3.46. The van der Waals surface area contributed by atoms with Crippen molar-refractivity contribution in [3.63, 3.8) is 0 Å². The van der Waals surface area contributed by atoms with E-state index in [2.05, 4.69) is 5.32 Å². The summed E-state index contributed by atoms with van der Waals surface area (Å²) in [6.07, 6.45) is 0.766. The number of rotatable bonds is 3. The van der Waals surface area contributed by atoms with Crippen molar-refractivity contribution in [2.24, 2.45) is 5.92 Å². The lowest BCUT2D eigenvalue weighted by Crippen LogP contribution is -2.58. The van der Waals surface area contributed by atoms with Crippen LogP contribution in [0.3, 0.4) is 0 Å². The summed E-state index contributed by atoms with van der Waals surface area (Å²) in [5.74, 6) is -5.29. The van der Waals surface area contributed by atoms with Gasteiger partial charge in [0.15, 0.2) is 23.3 Å². The molecule has 1 fully saturated rings. The monoisotopic (exact) mass is 304 g/mol. The second kappa shape index (κ2) is 6.22. The molecule has 0 bridgehead atoms. The van der Waals surface area contributed by atoms with Crippen LogP contribution >= 0.6 is 0 Å². The van der Waals surface area contributed by atoms with Crippen molar-refractivity contribution < 1.29 is 17.6 Å². The zero-order valence-corrected chi connectivity index (χ0v) is 12.4. The fourth-order valence-electron chi connectivity index (χ4n) is 2.77. The summed E-state index contributed by atoms with van der Waals surface area (Å²) in [5, 5.41) is 3.29. The maximum Gasteiger partial charge on any atom is 0.185 e. The van der Waals surface area contributed by atoms with E-state index < -0.39 is 29.0 Å². The first kappa shape index (κ1) is 16.1. The molecule has 2 unspecified atom stereocenters. The van der Waals surface area contributed by atoms with Crippen molar-refractivity contribution in [2.45, 2.75) is 39.3 Å². The molecule has 1 heterocycles. The molecule has 2 atom stereocenters. The molecule has 1 aromatic rings. The lowest BCUT2D eigenvalue weighted by Gasteiger charge is -2.43. The van der Waals surface area contributed by atoms with Crippen LogP contribution in [-0.4, -0.2) is 25.2 Å². The molecule has 0 radical (unpaired) electrons. The van der Waals surface area contributed by atoms with Crippen molar-refractivity contribution in [3.8, 4) is 0 Å². The summed E-state index contributed by atoms with van der Waals surface area (Å²) in [7, 11) is 0. The molecular weight excluding hydrogens is 284 g/mol. The van der Waals surface area contributed by atoms with Gasteiger partial charge in [0.05, 0.1) is 0 Å². The molecule has 1 aromatic carbocycles. The quantitative estimate of drug-likeness (QED) is 0.679.